The third kappa shape index (κ3) is 30.6. The predicted molar refractivity (Wildman–Crippen MR) is 622 cm³/mol. The number of amides is 2. The maximum Gasteiger partial charge on any atom is 0.338 e. The van der Waals surface area contributed by atoms with Gasteiger partial charge in [0.05, 0.1) is 17.7 Å². The van der Waals surface area contributed by atoms with E-state index in [1.165, 1.54) is 144 Å². The zero-order chi connectivity index (χ0) is 106. The monoisotopic (exact) mass is 2230 g/mol. The number of likely N-dealkylation sites (N-methyl/N-ethyl adjacent to an activating group) is 1. The minimum atomic E-state index is -1.31. The minimum Gasteiger partial charge on any atom is -0.478 e. The Labute approximate surface area is 896 Å². The summed E-state index contributed by atoms with van der Waals surface area (Å²) in [6.07, 6.45) is 24.3. The number of aromatic carboxylic acids is 1. The number of terminal acetylenes is 1. The Kier molecular flexibility index (Phi) is 37.5. The van der Waals surface area contributed by atoms with Crippen LogP contribution < -0.4 is 34.7 Å². The van der Waals surface area contributed by atoms with E-state index in [1.807, 2.05) is 115 Å². The van der Waals surface area contributed by atoms with Crippen LogP contribution in [0.15, 0.2) is 229 Å². The van der Waals surface area contributed by atoms with Crippen molar-refractivity contribution < 1.29 is 33.8 Å². The fourth-order valence-corrected chi connectivity index (χ4v) is 21.7. The number of carbonyl (C=O) groups excluding carboxylic acids is 4. The normalized spacial score (nSPS) is 17.2. The van der Waals surface area contributed by atoms with Gasteiger partial charge in [0, 0.05) is 175 Å². The van der Waals surface area contributed by atoms with E-state index in [0.29, 0.717) is 46.2 Å². The summed E-state index contributed by atoms with van der Waals surface area (Å²) in [6, 6.07) is 62.4. The van der Waals surface area contributed by atoms with Gasteiger partial charge in [0.25, 0.3) is 5.91 Å². The molecule has 0 saturated heterocycles. The van der Waals surface area contributed by atoms with Gasteiger partial charge in [-0.3, -0.25) is 14.4 Å². The predicted octanol–water partition coefficient (Wildman–Crippen LogP) is 30.2. The molecule has 0 atom stereocenters. The van der Waals surface area contributed by atoms with E-state index >= 15 is 0 Å². The number of ether oxygens (including phenoxy) is 1. The van der Waals surface area contributed by atoms with Crippen LogP contribution in [0.3, 0.4) is 0 Å². The summed E-state index contributed by atoms with van der Waals surface area (Å²) in [5.41, 5.74) is 31.9. The third-order valence-electron chi connectivity index (χ3n) is 28.3. The van der Waals surface area contributed by atoms with Gasteiger partial charge in [0.15, 0.2) is 0 Å². The van der Waals surface area contributed by atoms with Gasteiger partial charge >= 0.3 is 11.9 Å². The quantitative estimate of drug-likeness (QED) is 0.0515. The average molecular weight is 2240 g/mol. The second-order valence-electron chi connectivity index (χ2n) is 45.4. The Hall–Kier alpha value is -10.1. The second kappa shape index (κ2) is 46.7. The molecule has 4 spiro atoms. The molecule has 9 aromatic rings. The summed E-state index contributed by atoms with van der Waals surface area (Å²) in [7, 11) is 12.1. The van der Waals surface area contributed by atoms with Crippen LogP contribution >= 0.6 is 75.3 Å². The first-order valence-electron chi connectivity index (χ1n) is 49.5. The van der Waals surface area contributed by atoms with Crippen LogP contribution in [0.25, 0.3) is 0 Å². The van der Waals surface area contributed by atoms with Gasteiger partial charge in [-0.25, -0.2) is 9.59 Å². The van der Waals surface area contributed by atoms with E-state index in [1.54, 1.807) is 66.2 Å². The number of hydrogen-bond acceptors (Lipinski definition) is 11. The highest BCUT2D eigenvalue weighted by Gasteiger charge is 2.57. The van der Waals surface area contributed by atoms with Gasteiger partial charge < -0.3 is 44.6 Å². The highest BCUT2D eigenvalue weighted by Crippen LogP contribution is 2.61. The van der Waals surface area contributed by atoms with Crippen LogP contribution in [0.1, 0.15) is 264 Å². The van der Waals surface area contributed by atoms with Gasteiger partial charge in [0.2, 0.25) is 11.1 Å². The van der Waals surface area contributed by atoms with Gasteiger partial charge in [-0.15, -0.1) is 17.5 Å². The lowest BCUT2D eigenvalue weighted by atomic mass is 9.73. The minimum absolute atomic E-state index is 0.00248. The number of anilines is 7. The number of carbonyl (C=O) groups is 5. The lowest BCUT2D eigenvalue weighted by Crippen LogP contribution is -2.45. The zero-order valence-electron chi connectivity index (χ0n) is 89.5. The Morgan fingerprint density at radius 1 is 0.441 bits per heavy atom. The van der Waals surface area contributed by atoms with Crippen molar-refractivity contribution in [1.29, 1.82) is 0 Å². The molecular weight excluding hydrogens is 2090 g/mol. The molecule has 5 aliphatic heterocycles. The zero-order valence-corrected chi connectivity index (χ0v) is 98.6. The van der Waals surface area contributed by atoms with Gasteiger partial charge in [-0.05, 0) is 367 Å². The van der Waals surface area contributed by atoms with E-state index in [-0.39, 0.29) is 45.0 Å². The van der Waals surface area contributed by atoms with E-state index in [2.05, 4.69) is 345 Å². The Morgan fingerprint density at radius 3 is 1.06 bits per heavy atom. The van der Waals surface area contributed by atoms with Crippen molar-refractivity contribution in [1.82, 2.24) is 0 Å². The second-order valence-corrected chi connectivity index (χ2v) is 58.9. The van der Waals surface area contributed by atoms with Crippen molar-refractivity contribution in [2.75, 3.05) is 90.7 Å². The molecule has 14 nitrogen and oxygen atoms in total. The molecule has 4 saturated carbocycles. The Bertz CT molecular complexity index is 6460. The van der Waals surface area contributed by atoms with Crippen LogP contribution in [0.5, 0.6) is 0 Å². The molecule has 143 heavy (non-hydrogen) atoms. The number of benzene rings is 9. The third-order valence-corrected chi connectivity index (χ3v) is 32.2. The Balaban J connectivity index is 0.000000171. The number of nitrogens with zero attached hydrogens (tertiary/aromatic N) is 6. The smallest absolute Gasteiger partial charge is 0.338 e. The fourth-order valence-electron chi connectivity index (χ4n) is 19.7. The molecule has 4 aliphatic carbocycles. The van der Waals surface area contributed by atoms with E-state index in [9.17, 15) is 24.0 Å². The number of halogens is 5. The molecule has 21 heteroatoms. The molecule has 2 N–H and O–H groups in total. The topological polar surface area (TPSA) is 146 Å². The van der Waals surface area contributed by atoms with Crippen LogP contribution in [-0.2, 0) is 46.2 Å². The number of rotatable bonds is 7. The molecule has 0 unspecified atom stereocenters. The maximum absolute atomic E-state index is 11.8. The van der Waals surface area contributed by atoms with Crippen LogP contribution in [-0.4, -0.2) is 128 Å². The van der Waals surface area contributed by atoms with Crippen LogP contribution in [0, 0.1) is 47.1 Å². The van der Waals surface area contributed by atoms with Crippen molar-refractivity contribution in [3.63, 3.8) is 0 Å². The Morgan fingerprint density at radius 2 is 0.748 bits per heavy atom. The van der Waals surface area contributed by atoms with Gasteiger partial charge in [-0.1, -0.05) is 213 Å². The number of esters is 1. The summed E-state index contributed by atoms with van der Waals surface area (Å²) in [5, 5.41) is 11.6. The first-order chi connectivity index (χ1) is 66.7. The lowest BCUT2D eigenvalue weighted by molar-refractivity contribution is -0.120. The summed E-state index contributed by atoms with van der Waals surface area (Å²) >= 11 is 18.7. The molecule has 2 amide bonds. The molecule has 4 fully saturated rings. The molecular formula is C122H148Br4ClN7O7Si2. The van der Waals surface area contributed by atoms with E-state index < -0.39 is 27.4 Å². The molecule has 9 aliphatic rings. The molecule has 0 aromatic heterocycles. The molecule has 5 heterocycles. The lowest BCUT2D eigenvalue weighted by Gasteiger charge is -2.45. The maximum atomic E-state index is 11.8. The number of fused-ring (bicyclic) bond motifs is 5. The van der Waals surface area contributed by atoms with Gasteiger partial charge in [0.1, 0.15) is 16.1 Å². The van der Waals surface area contributed by atoms with Crippen molar-refractivity contribution in [3.05, 3.63) is 296 Å². The molecule has 0 radical (unpaired) electrons. The van der Waals surface area contributed by atoms with Crippen molar-refractivity contribution in [3.8, 4) is 47.1 Å². The van der Waals surface area contributed by atoms with Crippen molar-refractivity contribution >= 4 is 160 Å². The molecule has 9 aromatic carbocycles. The van der Waals surface area contributed by atoms with Crippen LogP contribution in [0.2, 0.25) is 39.3 Å². The van der Waals surface area contributed by atoms with Crippen molar-refractivity contribution in [2.45, 2.75) is 276 Å². The van der Waals surface area contributed by atoms with Crippen molar-refractivity contribution in [2.24, 2.45) is 0 Å². The fraction of sp³-hybridized carbons (Fsp3) is 0.418. The summed E-state index contributed by atoms with van der Waals surface area (Å²) in [6.45, 7) is 46.1. The first-order valence-corrected chi connectivity index (χ1v) is 60.1. The SMILES string of the molecule is C#C[Si](C)(C)C.CC(C)=CC(=O)Cl.CC(C)=CC(=O)N(C)c1ccc(Br)cc1.CCOC(=O)c1ccc(C#Cc2ccc3c(c2)C(C)(C)CC2(CC2)N3C)cc1.CN1C(=O)CC(C)(C)c2cc(Br)ccc21.CN1c2ccc(Br)cc2C(C)(C)CC12CC2.CN1c2ccc(C#C[Si](C)(C)C)cc2C(C)(C)CC12CC2.CN1c2ccc(C#Cc3ccc(C(=O)O)cc3)cc2C(C)(C)CC12CC2.CNc1ccc(Br)cc1. The van der Waals surface area contributed by atoms with E-state index in [4.69, 9.17) is 27.9 Å². The summed E-state index contributed by atoms with van der Waals surface area (Å²) in [4.78, 5) is 69.4. The highest BCUT2D eigenvalue weighted by atomic mass is 79.9. The number of nitrogens with one attached hydrogen (secondary N) is 1. The van der Waals surface area contributed by atoms with Crippen LogP contribution in [0.4, 0.5) is 39.8 Å². The number of carboxylic acid groups (broad SMARTS) is 1. The first kappa shape index (κ1) is 115. The highest BCUT2D eigenvalue weighted by molar-refractivity contribution is 9.11. The molecule has 18 rings (SSSR count). The molecule has 0 bridgehead atoms. The number of hydrogen-bond donors (Lipinski definition) is 2. The largest absolute Gasteiger partial charge is 0.478 e. The molecule has 756 valence electrons. The van der Waals surface area contributed by atoms with Gasteiger partial charge in [-0.2, -0.15) is 0 Å². The summed E-state index contributed by atoms with van der Waals surface area (Å²) in [5.74, 6) is 15.3. The standard InChI is InChI=1S/C25H27NO2.C23H23NO2.C19H27NSi.C14H18BrN.2C12H14BrNO.C7H8BrN.C5H7ClO.C5H10Si/c1-5-28-23(27)20-11-8-18(9-12-20)6-7-19-10-13-22-21(16-19)24(2,3)17-25(14-15-25)26(22)4;1-22(2)15-23(12-13-23)24(3)20-11-8-17(14-19(20)22)5-4-16-6-9-18(10-7-16)21(25)26;1-18(2)14-19(10-11-19)20(3)17-8-7-15(13-16(17)18)9-12-21(4,5)6;1-13(2)9-14(6-7-14)16(3)12-5-4-10(15)8-11(12)13;1-12(2)7-11(15)14(3)10-5-4-8(13)6-9(10)12;1-9(2)8-12(15)14(3)11-6-4-10(13)5-7-11;1-9-7-4-2-6(8)3-5-7;1-4(2)3-5(6)7;1-5-6(2,3)4/h8-13,16H,5,14-15,17H2,1-4H3;6-11,14H,12-13,15H2,1-3H3,(H,25,26);7-8,13H,10-11,14H2,1-6H3;4-5,8H,6-7,9H2,1-3H3;4-6H,7H2,1-3H3;4-8H,1-3H3;2-5,9H,1H3;3H,1-2H3;1H,2-4H3. The number of allylic oxidation sites excluding steroid dienone is 3. The average Bonchev–Trinajstić information content (AvgIpc) is 1.58. The summed E-state index contributed by atoms with van der Waals surface area (Å²) < 4.78 is 9.40. The van der Waals surface area contributed by atoms with E-state index in [0.717, 1.165) is 63.9 Å². The number of carboxylic acids is 1.